The molecule has 0 bridgehead atoms. The molecule has 0 spiro atoms. The zero-order valence-electron chi connectivity index (χ0n) is 33.0. The third-order valence-corrected chi connectivity index (χ3v) is 10.9. The van der Waals surface area contributed by atoms with Gasteiger partial charge in [-0.05, 0) is 33.4 Å². The highest BCUT2D eigenvalue weighted by Crippen LogP contribution is 2.38. The zero-order valence-corrected chi connectivity index (χ0v) is 34.7. The van der Waals surface area contributed by atoms with Crippen LogP contribution in [0.2, 0.25) is 0 Å². The fourth-order valence-corrected chi connectivity index (χ4v) is 7.90. The predicted molar refractivity (Wildman–Crippen MR) is 246 cm³/mol. The second-order valence-corrected chi connectivity index (χ2v) is 15.0. The maximum atomic E-state index is 5.82. The van der Waals surface area contributed by atoms with Gasteiger partial charge in [-0.25, -0.2) is 0 Å². The van der Waals surface area contributed by atoms with Gasteiger partial charge in [-0.2, -0.15) is 0 Å². The molecular formula is C50H54N4O2S2. The molecule has 0 aliphatic rings. The summed E-state index contributed by atoms with van der Waals surface area (Å²) in [6, 6.07) is 63.7. The number of thiocarbonyl (C=S) groups is 2. The smallest absolute Gasteiger partial charge is 0.0948 e. The summed E-state index contributed by atoms with van der Waals surface area (Å²) < 4.78 is 11.6. The van der Waals surface area contributed by atoms with Gasteiger partial charge >= 0.3 is 0 Å². The van der Waals surface area contributed by atoms with Gasteiger partial charge in [-0.3, -0.25) is 10.6 Å². The molecule has 0 radical (unpaired) electrons. The third-order valence-electron chi connectivity index (χ3n) is 10.2. The van der Waals surface area contributed by atoms with E-state index in [-0.39, 0.29) is 0 Å². The molecule has 0 fully saturated rings. The van der Waals surface area contributed by atoms with Crippen molar-refractivity contribution in [3.8, 4) is 0 Å². The zero-order chi connectivity index (χ0) is 40.1. The molecule has 0 atom stereocenters. The fourth-order valence-electron chi connectivity index (χ4n) is 7.49. The number of benzene rings is 6. The predicted octanol–water partition coefficient (Wildman–Crippen LogP) is 8.80. The van der Waals surface area contributed by atoms with Crippen LogP contribution in [0.15, 0.2) is 182 Å². The van der Waals surface area contributed by atoms with Crippen LogP contribution < -0.4 is 21.3 Å². The molecule has 0 aliphatic heterocycles. The van der Waals surface area contributed by atoms with Crippen LogP contribution in [0, 0.1) is 0 Å². The summed E-state index contributed by atoms with van der Waals surface area (Å²) in [6.45, 7) is 4.80. The average Bonchev–Trinajstić information content (AvgIpc) is 3.29. The molecule has 6 aromatic rings. The summed E-state index contributed by atoms with van der Waals surface area (Å²) in [7, 11) is 0. The van der Waals surface area contributed by atoms with Crippen molar-refractivity contribution in [2.24, 2.45) is 0 Å². The molecule has 6 nitrogen and oxygen atoms in total. The molecule has 0 heterocycles. The van der Waals surface area contributed by atoms with Crippen LogP contribution in [-0.2, 0) is 20.6 Å². The lowest BCUT2D eigenvalue weighted by molar-refractivity contribution is 0.0519. The first kappa shape index (κ1) is 42.5. The Labute approximate surface area is 355 Å². The first-order valence-corrected chi connectivity index (χ1v) is 21.0. The highest BCUT2D eigenvalue weighted by Gasteiger charge is 2.36. The van der Waals surface area contributed by atoms with Crippen molar-refractivity contribution in [2.75, 3.05) is 52.6 Å². The summed E-state index contributed by atoms with van der Waals surface area (Å²) in [6.07, 6.45) is 1.40. The summed E-state index contributed by atoms with van der Waals surface area (Å²) in [5.41, 5.74) is 6.07. The SMILES string of the molecule is S=C(CCNC(c1ccccc1)(c1ccccc1)c1ccccc1)NCCOCCOCCNC(=S)CCNC(c1ccccc1)(c1ccccc1)c1ccccc1. The van der Waals surface area contributed by atoms with Crippen molar-refractivity contribution in [2.45, 2.75) is 23.9 Å². The lowest BCUT2D eigenvalue weighted by atomic mass is 9.77. The van der Waals surface area contributed by atoms with Gasteiger partial charge in [0.2, 0.25) is 0 Å². The second-order valence-electron chi connectivity index (χ2n) is 14.0. The van der Waals surface area contributed by atoms with E-state index < -0.39 is 11.1 Å². The fraction of sp³-hybridized carbons (Fsp3) is 0.240. The van der Waals surface area contributed by atoms with E-state index in [0.717, 1.165) is 9.98 Å². The molecule has 4 N–H and O–H groups in total. The minimum atomic E-state index is -0.513. The Bertz CT molecular complexity index is 1730. The summed E-state index contributed by atoms with van der Waals surface area (Å²) in [4.78, 5) is 1.61. The molecule has 58 heavy (non-hydrogen) atoms. The van der Waals surface area contributed by atoms with Gasteiger partial charge < -0.3 is 20.1 Å². The Kier molecular flexibility index (Phi) is 16.7. The van der Waals surface area contributed by atoms with Crippen LogP contribution in [0.5, 0.6) is 0 Å². The van der Waals surface area contributed by atoms with E-state index in [2.05, 4.69) is 203 Å². The number of rotatable bonds is 23. The number of ether oxygens (including phenoxy) is 2. The summed E-state index contributed by atoms with van der Waals surface area (Å²) in [5, 5.41) is 14.5. The van der Waals surface area contributed by atoms with Crippen LogP contribution in [0.4, 0.5) is 0 Å². The lowest BCUT2D eigenvalue weighted by Gasteiger charge is -2.37. The van der Waals surface area contributed by atoms with Crippen molar-refractivity contribution in [1.82, 2.24) is 21.3 Å². The van der Waals surface area contributed by atoms with Gasteiger partial charge in [0.1, 0.15) is 0 Å². The average molecular weight is 807 g/mol. The van der Waals surface area contributed by atoms with Crippen LogP contribution >= 0.6 is 24.4 Å². The quantitative estimate of drug-likeness (QED) is 0.0292. The van der Waals surface area contributed by atoms with E-state index in [0.29, 0.717) is 65.4 Å². The number of nitrogens with one attached hydrogen (secondary N) is 4. The largest absolute Gasteiger partial charge is 0.377 e. The molecular weight excluding hydrogens is 753 g/mol. The third kappa shape index (κ3) is 11.3. The maximum absolute atomic E-state index is 5.82. The van der Waals surface area contributed by atoms with Crippen LogP contribution in [-0.4, -0.2) is 62.6 Å². The van der Waals surface area contributed by atoms with Gasteiger partial charge in [0.25, 0.3) is 0 Å². The van der Waals surface area contributed by atoms with E-state index >= 15 is 0 Å². The van der Waals surface area contributed by atoms with Gasteiger partial charge in [-0.15, -0.1) is 0 Å². The maximum Gasteiger partial charge on any atom is 0.0948 e. The minimum absolute atomic E-state index is 0.513. The van der Waals surface area contributed by atoms with Crippen LogP contribution in [0.25, 0.3) is 0 Å². The highest BCUT2D eigenvalue weighted by atomic mass is 32.1. The molecule has 0 aromatic heterocycles. The molecule has 6 rings (SSSR count). The van der Waals surface area contributed by atoms with E-state index in [4.69, 9.17) is 33.9 Å². The monoisotopic (exact) mass is 806 g/mol. The van der Waals surface area contributed by atoms with E-state index in [1.807, 2.05) is 0 Å². The molecule has 0 saturated carbocycles. The Morgan fingerprint density at radius 2 is 0.586 bits per heavy atom. The molecule has 0 saturated heterocycles. The number of hydrogen-bond acceptors (Lipinski definition) is 6. The Hall–Kier alpha value is -5.06. The topological polar surface area (TPSA) is 66.6 Å². The molecule has 0 aliphatic carbocycles. The van der Waals surface area contributed by atoms with Gasteiger partial charge in [0, 0.05) is 39.0 Å². The van der Waals surface area contributed by atoms with Crippen molar-refractivity contribution in [1.29, 1.82) is 0 Å². The minimum Gasteiger partial charge on any atom is -0.377 e. The van der Waals surface area contributed by atoms with Crippen molar-refractivity contribution in [3.05, 3.63) is 215 Å². The Morgan fingerprint density at radius 3 is 0.828 bits per heavy atom. The first-order valence-electron chi connectivity index (χ1n) is 20.1. The number of hydrogen-bond donors (Lipinski definition) is 4. The Balaban J connectivity index is 0.872. The Morgan fingerprint density at radius 1 is 0.345 bits per heavy atom. The molecule has 8 heteroatoms. The van der Waals surface area contributed by atoms with E-state index in [9.17, 15) is 0 Å². The normalized spacial score (nSPS) is 11.5. The van der Waals surface area contributed by atoms with E-state index in [1.165, 1.54) is 33.4 Å². The van der Waals surface area contributed by atoms with Crippen LogP contribution in [0.3, 0.4) is 0 Å². The summed E-state index contributed by atoms with van der Waals surface area (Å²) in [5.74, 6) is 0. The van der Waals surface area contributed by atoms with Gasteiger partial charge in [-0.1, -0.05) is 206 Å². The van der Waals surface area contributed by atoms with Crippen molar-refractivity contribution < 1.29 is 9.47 Å². The molecule has 298 valence electrons. The van der Waals surface area contributed by atoms with Gasteiger partial charge in [0.05, 0.1) is 47.5 Å². The first-order chi connectivity index (χ1) is 28.6. The standard InChI is InChI=1S/C50H54N4O2S2/c57-47(31-33-53-49(41-19-7-1-8-20-41,42-21-9-2-10-22-42)43-23-11-3-12-24-43)51-35-37-55-39-40-56-38-36-52-48(58)32-34-54-50(44-25-13-4-14-26-44,45-27-15-5-16-28-45)46-29-17-6-18-30-46/h1-30,53-54H,31-40H2,(H,51,57)(H,52,58). The summed E-state index contributed by atoms with van der Waals surface area (Å²) >= 11 is 11.4. The highest BCUT2D eigenvalue weighted by molar-refractivity contribution is 7.80. The second kappa shape index (κ2) is 22.8. The van der Waals surface area contributed by atoms with Gasteiger partial charge in [0.15, 0.2) is 0 Å². The molecule has 0 amide bonds. The van der Waals surface area contributed by atoms with Crippen molar-refractivity contribution in [3.63, 3.8) is 0 Å². The molecule has 0 unspecified atom stereocenters. The van der Waals surface area contributed by atoms with Crippen LogP contribution in [0.1, 0.15) is 46.2 Å². The van der Waals surface area contributed by atoms with Crippen molar-refractivity contribution >= 4 is 34.4 Å². The molecule has 6 aromatic carbocycles. The van der Waals surface area contributed by atoms with E-state index in [1.54, 1.807) is 0 Å². The lowest BCUT2D eigenvalue weighted by Crippen LogP contribution is -2.46.